The first-order chi connectivity index (χ1) is 9.60. The summed E-state index contributed by atoms with van der Waals surface area (Å²) in [5.74, 6) is -0.364. The molecule has 2 rings (SSSR count). The summed E-state index contributed by atoms with van der Waals surface area (Å²) in [7, 11) is 0. The first-order valence-electron chi connectivity index (χ1n) is 6.87. The molecular formula is C15H19F2NO2. The van der Waals surface area contributed by atoms with Gasteiger partial charge < -0.3 is 10.0 Å². The van der Waals surface area contributed by atoms with Gasteiger partial charge in [-0.15, -0.1) is 0 Å². The van der Waals surface area contributed by atoms with Crippen molar-refractivity contribution in [3.05, 3.63) is 34.9 Å². The van der Waals surface area contributed by atoms with Crippen molar-refractivity contribution in [2.45, 2.75) is 32.1 Å². The molecule has 0 heterocycles. The smallest absolute Gasteiger partial charge is 0.255 e. The zero-order valence-corrected chi connectivity index (χ0v) is 11.3. The van der Waals surface area contributed by atoms with E-state index in [1.165, 1.54) is 11.1 Å². The Kier molecular flexibility index (Phi) is 5.06. The highest BCUT2D eigenvalue weighted by molar-refractivity contribution is 5.79. The van der Waals surface area contributed by atoms with Gasteiger partial charge in [-0.1, -0.05) is 18.2 Å². The maximum atomic E-state index is 12.4. The summed E-state index contributed by atoms with van der Waals surface area (Å²) >= 11 is 0. The normalized spacial score (nSPS) is 13.6. The molecule has 1 aliphatic carbocycles. The van der Waals surface area contributed by atoms with Crippen LogP contribution in [0.25, 0.3) is 0 Å². The van der Waals surface area contributed by atoms with Gasteiger partial charge in [0.15, 0.2) is 0 Å². The summed E-state index contributed by atoms with van der Waals surface area (Å²) in [6.45, 7) is -0.971. The minimum absolute atomic E-state index is 0.0475. The van der Waals surface area contributed by atoms with E-state index < -0.39 is 13.0 Å². The lowest BCUT2D eigenvalue weighted by molar-refractivity contribution is -0.133. The number of benzene rings is 1. The molecular weight excluding hydrogens is 264 g/mol. The van der Waals surface area contributed by atoms with Gasteiger partial charge in [0.1, 0.15) is 0 Å². The lowest BCUT2D eigenvalue weighted by Crippen LogP contribution is -2.38. The molecule has 0 atom stereocenters. The van der Waals surface area contributed by atoms with Gasteiger partial charge in [-0.3, -0.25) is 4.79 Å². The number of alkyl halides is 2. The average Bonchev–Trinajstić information content (AvgIpc) is 2.85. The largest absolute Gasteiger partial charge is 0.395 e. The van der Waals surface area contributed by atoms with Crippen molar-refractivity contribution < 1.29 is 18.7 Å². The van der Waals surface area contributed by atoms with E-state index >= 15 is 0 Å². The zero-order chi connectivity index (χ0) is 14.5. The van der Waals surface area contributed by atoms with Crippen molar-refractivity contribution in [3.8, 4) is 0 Å². The first kappa shape index (κ1) is 14.9. The highest BCUT2D eigenvalue weighted by Gasteiger charge is 2.19. The van der Waals surface area contributed by atoms with Gasteiger partial charge in [-0.05, 0) is 36.0 Å². The van der Waals surface area contributed by atoms with Crippen molar-refractivity contribution in [1.29, 1.82) is 0 Å². The van der Waals surface area contributed by atoms with E-state index in [2.05, 4.69) is 0 Å². The number of halogens is 2. The van der Waals surface area contributed by atoms with Crippen molar-refractivity contribution in [2.24, 2.45) is 0 Å². The van der Waals surface area contributed by atoms with Gasteiger partial charge in [0, 0.05) is 6.54 Å². The molecule has 1 N–H and O–H groups in total. The van der Waals surface area contributed by atoms with Crippen LogP contribution in [0.5, 0.6) is 0 Å². The molecule has 0 unspecified atom stereocenters. The summed E-state index contributed by atoms with van der Waals surface area (Å²) in [5.41, 5.74) is 3.44. The Labute approximate surface area is 117 Å². The van der Waals surface area contributed by atoms with Crippen LogP contribution in [0.1, 0.15) is 23.1 Å². The van der Waals surface area contributed by atoms with Crippen molar-refractivity contribution in [1.82, 2.24) is 4.90 Å². The maximum absolute atomic E-state index is 12.4. The number of rotatable bonds is 6. The van der Waals surface area contributed by atoms with Crippen LogP contribution in [0.3, 0.4) is 0 Å². The van der Waals surface area contributed by atoms with Crippen molar-refractivity contribution in [3.63, 3.8) is 0 Å². The van der Waals surface area contributed by atoms with Gasteiger partial charge in [-0.2, -0.15) is 0 Å². The molecule has 0 aliphatic heterocycles. The standard InChI is InChI=1S/C15H19F2NO2/c16-14(17)10-18(6-7-19)15(20)9-11-4-5-12-2-1-3-13(12)8-11/h4-5,8,14,19H,1-3,6-7,9-10H2. The van der Waals surface area contributed by atoms with Crippen LogP contribution in [0, 0.1) is 0 Å². The number of carbonyl (C=O) groups excluding carboxylic acids is 1. The van der Waals surface area contributed by atoms with Crippen LogP contribution in [0.2, 0.25) is 0 Å². The summed E-state index contributed by atoms with van der Waals surface area (Å²) in [6, 6.07) is 5.91. The van der Waals surface area contributed by atoms with E-state index in [4.69, 9.17) is 5.11 Å². The summed E-state index contributed by atoms with van der Waals surface area (Å²) in [5, 5.41) is 8.85. The molecule has 0 spiro atoms. The molecule has 110 valence electrons. The van der Waals surface area contributed by atoms with Crippen LogP contribution < -0.4 is 0 Å². The summed E-state index contributed by atoms with van der Waals surface area (Å²) < 4.78 is 24.8. The Morgan fingerprint density at radius 1 is 1.30 bits per heavy atom. The van der Waals surface area contributed by atoms with E-state index in [0.717, 1.165) is 29.7 Å². The fraction of sp³-hybridized carbons (Fsp3) is 0.533. The summed E-state index contributed by atoms with van der Waals surface area (Å²) in [4.78, 5) is 13.0. The molecule has 1 aromatic carbocycles. The molecule has 0 saturated heterocycles. The topological polar surface area (TPSA) is 40.5 Å². The first-order valence-corrected chi connectivity index (χ1v) is 6.87. The Bertz CT molecular complexity index is 477. The lowest BCUT2D eigenvalue weighted by atomic mass is 10.0. The van der Waals surface area contributed by atoms with Crippen LogP contribution in [-0.4, -0.2) is 42.0 Å². The fourth-order valence-electron chi connectivity index (χ4n) is 2.63. The Hall–Kier alpha value is -1.49. The van der Waals surface area contributed by atoms with Crippen molar-refractivity contribution >= 4 is 5.91 Å². The molecule has 0 bridgehead atoms. The lowest BCUT2D eigenvalue weighted by Gasteiger charge is -2.21. The summed E-state index contributed by atoms with van der Waals surface area (Å²) in [6.07, 6.45) is 0.764. The second-order valence-corrected chi connectivity index (χ2v) is 5.09. The Morgan fingerprint density at radius 3 is 2.75 bits per heavy atom. The number of carbonyl (C=O) groups is 1. The molecule has 1 aliphatic rings. The van der Waals surface area contributed by atoms with Gasteiger partial charge in [0.25, 0.3) is 6.43 Å². The van der Waals surface area contributed by atoms with Gasteiger partial charge in [-0.25, -0.2) is 8.78 Å². The predicted octanol–water partition coefficient (Wildman–Crippen LogP) is 1.80. The second kappa shape index (κ2) is 6.79. The van der Waals surface area contributed by atoms with Gasteiger partial charge >= 0.3 is 0 Å². The minimum Gasteiger partial charge on any atom is -0.395 e. The number of aryl methyl sites for hydroxylation is 2. The van der Waals surface area contributed by atoms with E-state index in [-0.39, 0.29) is 25.5 Å². The number of aliphatic hydroxyl groups is 1. The Morgan fingerprint density at radius 2 is 2.05 bits per heavy atom. The molecule has 0 aromatic heterocycles. The number of hydrogen-bond acceptors (Lipinski definition) is 2. The fourth-order valence-corrected chi connectivity index (χ4v) is 2.63. The highest BCUT2D eigenvalue weighted by Crippen LogP contribution is 2.23. The predicted molar refractivity (Wildman–Crippen MR) is 71.8 cm³/mol. The molecule has 20 heavy (non-hydrogen) atoms. The van der Waals surface area contributed by atoms with Crippen LogP contribution in [0.15, 0.2) is 18.2 Å². The number of aliphatic hydroxyl groups excluding tert-OH is 1. The van der Waals surface area contributed by atoms with E-state index in [0.29, 0.717) is 0 Å². The third-order valence-corrected chi connectivity index (χ3v) is 3.60. The van der Waals surface area contributed by atoms with Gasteiger partial charge in [0.05, 0.1) is 19.6 Å². The quantitative estimate of drug-likeness (QED) is 0.865. The SMILES string of the molecule is O=C(Cc1ccc2c(c1)CCC2)N(CCO)CC(F)F. The molecule has 0 fully saturated rings. The number of fused-ring (bicyclic) bond motifs is 1. The number of hydrogen-bond donors (Lipinski definition) is 1. The maximum Gasteiger partial charge on any atom is 0.255 e. The average molecular weight is 283 g/mol. The Balaban J connectivity index is 2.01. The van der Waals surface area contributed by atoms with Crippen LogP contribution in [0.4, 0.5) is 8.78 Å². The molecule has 1 amide bonds. The molecule has 0 saturated carbocycles. The number of amides is 1. The zero-order valence-electron chi connectivity index (χ0n) is 11.3. The van der Waals surface area contributed by atoms with E-state index in [1.54, 1.807) is 0 Å². The van der Waals surface area contributed by atoms with Crippen LogP contribution in [-0.2, 0) is 24.1 Å². The van der Waals surface area contributed by atoms with Crippen molar-refractivity contribution in [2.75, 3.05) is 19.7 Å². The van der Waals surface area contributed by atoms with Crippen LogP contribution >= 0.6 is 0 Å². The number of nitrogens with zero attached hydrogens (tertiary/aromatic N) is 1. The molecule has 5 heteroatoms. The monoisotopic (exact) mass is 283 g/mol. The molecule has 1 aromatic rings. The highest BCUT2D eigenvalue weighted by atomic mass is 19.3. The third kappa shape index (κ3) is 3.76. The van der Waals surface area contributed by atoms with E-state index in [1.807, 2.05) is 18.2 Å². The van der Waals surface area contributed by atoms with E-state index in [9.17, 15) is 13.6 Å². The van der Waals surface area contributed by atoms with Gasteiger partial charge in [0.2, 0.25) is 5.91 Å². The minimum atomic E-state index is -2.58. The molecule has 0 radical (unpaired) electrons. The second-order valence-electron chi connectivity index (χ2n) is 5.09. The molecule has 3 nitrogen and oxygen atoms in total. The third-order valence-electron chi connectivity index (χ3n) is 3.60.